The summed E-state index contributed by atoms with van der Waals surface area (Å²) in [6, 6.07) is 85.5. The zero-order valence-electron chi connectivity index (χ0n) is 34.8. The van der Waals surface area contributed by atoms with E-state index < -0.39 is 5.41 Å². The molecule has 13 rings (SSSR count). The van der Waals surface area contributed by atoms with Gasteiger partial charge in [-0.1, -0.05) is 164 Å². The SMILES string of the molecule is c1ccc(C2(c3ccccc3)c3ccccc3-c3cc(N(c4ccc(-c5ccc6c(c5)oc5ccccc56)cc4)c4cccc(-c5ccc6oc7ccccc7c6c5)c4)ccc32)cc1. The van der Waals surface area contributed by atoms with Crippen molar-refractivity contribution in [3.63, 3.8) is 0 Å². The molecule has 64 heavy (non-hydrogen) atoms. The number of benzene rings is 10. The third-order valence-electron chi connectivity index (χ3n) is 13.4. The van der Waals surface area contributed by atoms with Gasteiger partial charge in [0.05, 0.1) is 5.41 Å². The lowest BCUT2D eigenvalue weighted by Crippen LogP contribution is -2.28. The highest BCUT2D eigenvalue weighted by molar-refractivity contribution is 6.07. The molecule has 0 amide bonds. The lowest BCUT2D eigenvalue weighted by Gasteiger charge is -2.34. The fourth-order valence-corrected chi connectivity index (χ4v) is 10.5. The van der Waals surface area contributed by atoms with Crippen LogP contribution in [0.5, 0.6) is 0 Å². The molecule has 10 aromatic carbocycles. The van der Waals surface area contributed by atoms with Crippen LogP contribution in [-0.4, -0.2) is 0 Å². The molecule has 300 valence electrons. The largest absolute Gasteiger partial charge is 0.456 e. The first-order chi connectivity index (χ1) is 31.7. The van der Waals surface area contributed by atoms with Crippen molar-refractivity contribution in [2.75, 3.05) is 4.90 Å². The van der Waals surface area contributed by atoms with Gasteiger partial charge >= 0.3 is 0 Å². The normalized spacial score (nSPS) is 12.8. The number of anilines is 3. The molecule has 3 nitrogen and oxygen atoms in total. The van der Waals surface area contributed by atoms with E-state index in [1.165, 1.54) is 33.4 Å². The second kappa shape index (κ2) is 14.3. The topological polar surface area (TPSA) is 29.5 Å². The Morgan fingerprint density at radius 1 is 0.281 bits per heavy atom. The van der Waals surface area contributed by atoms with Crippen LogP contribution < -0.4 is 4.90 Å². The molecular formula is C61H39NO2. The molecule has 0 saturated carbocycles. The quantitative estimate of drug-likeness (QED) is 0.160. The zero-order valence-corrected chi connectivity index (χ0v) is 34.8. The minimum atomic E-state index is -0.476. The van der Waals surface area contributed by atoms with Crippen LogP contribution in [0.4, 0.5) is 17.1 Å². The van der Waals surface area contributed by atoms with Crippen molar-refractivity contribution in [3.8, 4) is 33.4 Å². The zero-order chi connectivity index (χ0) is 42.2. The van der Waals surface area contributed by atoms with E-state index in [9.17, 15) is 0 Å². The minimum absolute atomic E-state index is 0.476. The van der Waals surface area contributed by atoms with Crippen LogP contribution in [0.25, 0.3) is 77.3 Å². The molecular weight excluding hydrogens is 779 g/mol. The number of para-hydroxylation sites is 2. The van der Waals surface area contributed by atoms with Crippen molar-refractivity contribution in [1.82, 2.24) is 0 Å². The summed E-state index contributed by atoms with van der Waals surface area (Å²) in [6.07, 6.45) is 0. The molecule has 0 atom stereocenters. The van der Waals surface area contributed by atoms with Crippen molar-refractivity contribution in [3.05, 3.63) is 259 Å². The van der Waals surface area contributed by atoms with Crippen LogP contribution >= 0.6 is 0 Å². The van der Waals surface area contributed by atoms with E-state index in [-0.39, 0.29) is 0 Å². The predicted octanol–water partition coefficient (Wildman–Crippen LogP) is 16.7. The van der Waals surface area contributed by atoms with Crippen molar-refractivity contribution < 1.29 is 8.83 Å². The molecule has 1 aliphatic carbocycles. The Labute approximate surface area is 370 Å². The van der Waals surface area contributed by atoms with Gasteiger partial charge in [0.15, 0.2) is 0 Å². The summed E-state index contributed by atoms with van der Waals surface area (Å²) in [5.41, 5.74) is 18.4. The molecule has 12 aromatic rings. The second-order valence-electron chi connectivity index (χ2n) is 16.8. The molecule has 3 heteroatoms. The highest BCUT2D eigenvalue weighted by Crippen LogP contribution is 2.57. The molecule has 0 spiro atoms. The van der Waals surface area contributed by atoms with E-state index in [0.29, 0.717) is 0 Å². The Hall–Kier alpha value is -8.40. The molecule has 0 N–H and O–H groups in total. The fourth-order valence-electron chi connectivity index (χ4n) is 10.5. The summed E-state index contributed by atoms with van der Waals surface area (Å²) in [5.74, 6) is 0. The van der Waals surface area contributed by atoms with Gasteiger partial charge in [-0.2, -0.15) is 0 Å². The number of hydrogen-bond acceptors (Lipinski definition) is 3. The van der Waals surface area contributed by atoms with E-state index in [1.807, 2.05) is 24.3 Å². The Morgan fingerprint density at radius 2 is 0.812 bits per heavy atom. The number of hydrogen-bond donors (Lipinski definition) is 0. The highest BCUT2D eigenvalue weighted by Gasteiger charge is 2.46. The monoisotopic (exact) mass is 817 g/mol. The molecule has 2 aromatic heterocycles. The Balaban J connectivity index is 0.980. The molecule has 1 aliphatic rings. The van der Waals surface area contributed by atoms with Gasteiger partial charge in [0, 0.05) is 38.6 Å². The first-order valence-electron chi connectivity index (χ1n) is 21.9. The maximum absolute atomic E-state index is 6.30. The molecule has 0 aliphatic heterocycles. The Kier molecular flexibility index (Phi) is 8.13. The lowest BCUT2D eigenvalue weighted by atomic mass is 9.68. The number of rotatable bonds is 7. The third kappa shape index (κ3) is 5.54. The van der Waals surface area contributed by atoms with E-state index in [0.717, 1.165) is 83.2 Å². The average molecular weight is 818 g/mol. The van der Waals surface area contributed by atoms with E-state index in [4.69, 9.17) is 8.83 Å². The summed E-state index contributed by atoms with van der Waals surface area (Å²) in [4.78, 5) is 2.40. The summed E-state index contributed by atoms with van der Waals surface area (Å²) < 4.78 is 12.5. The van der Waals surface area contributed by atoms with Crippen LogP contribution in [0.2, 0.25) is 0 Å². The third-order valence-corrected chi connectivity index (χ3v) is 13.4. The molecule has 0 radical (unpaired) electrons. The fraction of sp³-hybridized carbons (Fsp3) is 0.0164. The number of nitrogens with zero attached hydrogens (tertiary/aromatic N) is 1. The van der Waals surface area contributed by atoms with E-state index >= 15 is 0 Å². The predicted molar refractivity (Wildman–Crippen MR) is 264 cm³/mol. The minimum Gasteiger partial charge on any atom is -0.456 e. The number of furan rings is 2. The van der Waals surface area contributed by atoms with Gasteiger partial charge in [0.1, 0.15) is 22.3 Å². The van der Waals surface area contributed by atoms with Crippen molar-refractivity contribution in [2.24, 2.45) is 0 Å². The van der Waals surface area contributed by atoms with Crippen LogP contribution in [0.3, 0.4) is 0 Å². The van der Waals surface area contributed by atoms with Gasteiger partial charge in [-0.15, -0.1) is 0 Å². The van der Waals surface area contributed by atoms with Gasteiger partial charge in [0.2, 0.25) is 0 Å². The van der Waals surface area contributed by atoms with E-state index in [2.05, 4.69) is 217 Å². The van der Waals surface area contributed by atoms with Gasteiger partial charge in [-0.25, -0.2) is 0 Å². The van der Waals surface area contributed by atoms with Crippen LogP contribution in [0, 0.1) is 0 Å². The van der Waals surface area contributed by atoms with Crippen LogP contribution in [-0.2, 0) is 5.41 Å². The van der Waals surface area contributed by atoms with Crippen molar-refractivity contribution >= 4 is 60.9 Å². The van der Waals surface area contributed by atoms with Crippen LogP contribution in [0.15, 0.2) is 245 Å². The molecule has 0 bridgehead atoms. The van der Waals surface area contributed by atoms with Gasteiger partial charge in [-0.3, -0.25) is 0 Å². The smallest absolute Gasteiger partial charge is 0.136 e. The van der Waals surface area contributed by atoms with Crippen LogP contribution in [0.1, 0.15) is 22.3 Å². The Bertz CT molecular complexity index is 3690. The van der Waals surface area contributed by atoms with E-state index in [1.54, 1.807) is 0 Å². The molecule has 0 unspecified atom stereocenters. The van der Waals surface area contributed by atoms with Crippen molar-refractivity contribution in [2.45, 2.75) is 5.41 Å². The maximum Gasteiger partial charge on any atom is 0.136 e. The summed E-state index contributed by atoms with van der Waals surface area (Å²) in [5, 5.41) is 4.50. The second-order valence-corrected chi connectivity index (χ2v) is 16.8. The van der Waals surface area contributed by atoms with Gasteiger partial charge in [-0.05, 0) is 128 Å². The number of fused-ring (bicyclic) bond motifs is 9. The summed E-state index contributed by atoms with van der Waals surface area (Å²) >= 11 is 0. The highest BCUT2D eigenvalue weighted by atomic mass is 16.3. The Morgan fingerprint density at radius 3 is 1.58 bits per heavy atom. The first-order valence-corrected chi connectivity index (χ1v) is 21.9. The summed E-state index contributed by atoms with van der Waals surface area (Å²) in [6.45, 7) is 0. The first kappa shape index (κ1) is 36.3. The maximum atomic E-state index is 6.30. The van der Waals surface area contributed by atoms with Gasteiger partial charge in [0.25, 0.3) is 0 Å². The standard InChI is InChI=1S/C61H39NO2/c1-3-15-44(16-4-1)61(45-17-5-2-6-18-45)55-23-10-7-20-49(55)53-39-48(32-34-56(53)61)62(46-30-26-40(27-31-46)43-28-33-52-50-21-8-11-24-57(50)64-60(52)38-43)47-19-13-14-41(36-47)42-29-35-59-54(37-42)51-22-9-12-25-58(51)63-59/h1-39H. The lowest BCUT2D eigenvalue weighted by molar-refractivity contribution is 0.668. The molecule has 0 saturated heterocycles. The van der Waals surface area contributed by atoms with Crippen molar-refractivity contribution in [1.29, 1.82) is 0 Å². The van der Waals surface area contributed by atoms with Gasteiger partial charge < -0.3 is 13.7 Å². The average Bonchev–Trinajstić information content (AvgIpc) is 4.03. The summed E-state index contributed by atoms with van der Waals surface area (Å²) in [7, 11) is 0. The molecule has 0 fully saturated rings. The molecule has 2 heterocycles.